The molecule has 110 valence electrons. The van der Waals surface area contributed by atoms with Gasteiger partial charge in [0, 0.05) is 18.3 Å². The second kappa shape index (κ2) is 6.23. The normalized spacial score (nSPS) is 10.3. The molecule has 0 spiro atoms. The lowest BCUT2D eigenvalue weighted by molar-refractivity contribution is 0.0690. The first-order chi connectivity index (χ1) is 9.97. The van der Waals surface area contributed by atoms with Crippen molar-refractivity contribution in [3.63, 3.8) is 0 Å². The van der Waals surface area contributed by atoms with Crippen LogP contribution in [0, 0.1) is 0 Å². The molecule has 0 fully saturated rings. The molecular weight excluding hydrogens is 296 g/mol. The fraction of sp³-hybridized carbons (Fsp3) is 0.154. The van der Waals surface area contributed by atoms with E-state index < -0.39 is 11.9 Å². The number of amides is 1. The van der Waals surface area contributed by atoms with E-state index in [4.69, 9.17) is 5.11 Å². The van der Waals surface area contributed by atoms with Gasteiger partial charge in [-0.1, -0.05) is 0 Å². The molecule has 7 nitrogen and oxygen atoms in total. The fourth-order valence-corrected chi connectivity index (χ4v) is 2.38. The van der Waals surface area contributed by atoms with Crippen molar-refractivity contribution in [2.45, 2.75) is 6.42 Å². The van der Waals surface area contributed by atoms with E-state index in [1.807, 2.05) is 0 Å². The number of rotatable bonds is 5. The average Bonchev–Trinajstić information content (AvgIpc) is 2.90. The summed E-state index contributed by atoms with van der Waals surface area (Å²) in [4.78, 5) is 26.4. The van der Waals surface area contributed by atoms with Crippen molar-refractivity contribution in [3.8, 4) is 11.5 Å². The number of benzene rings is 1. The molecule has 0 radical (unpaired) electrons. The van der Waals surface area contributed by atoms with E-state index >= 15 is 0 Å². The summed E-state index contributed by atoms with van der Waals surface area (Å²) in [6.45, 7) is 0.237. The van der Waals surface area contributed by atoms with Crippen LogP contribution in [0.3, 0.4) is 0 Å². The molecule has 0 bridgehead atoms. The van der Waals surface area contributed by atoms with Crippen LogP contribution in [-0.2, 0) is 6.42 Å². The van der Waals surface area contributed by atoms with E-state index in [2.05, 4.69) is 10.3 Å². The molecule has 0 saturated carbocycles. The third-order valence-electron chi connectivity index (χ3n) is 2.62. The van der Waals surface area contributed by atoms with Gasteiger partial charge < -0.3 is 20.6 Å². The van der Waals surface area contributed by atoms with Crippen LogP contribution >= 0.6 is 11.3 Å². The van der Waals surface area contributed by atoms with Gasteiger partial charge in [-0.05, 0) is 18.2 Å². The quantitative estimate of drug-likeness (QED) is 0.617. The zero-order chi connectivity index (χ0) is 15.4. The predicted octanol–water partition coefficient (Wildman–Crippen LogP) is 1.22. The van der Waals surface area contributed by atoms with Crippen molar-refractivity contribution in [3.05, 3.63) is 39.8 Å². The summed E-state index contributed by atoms with van der Waals surface area (Å²) in [6, 6.07) is 3.66. The highest BCUT2D eigenvalue weighted by atomic mass is 32.1. The van der Waals surface area contributed by atoms with Gasteiger partial charge in [-0.2, -0.15) is 0 Å². The zero-order valence-corrected chi connectivity index (χ0v) is 11.6. The number of carbonyl (C=O) groups excluding carboxylic acids is 1. The molecule has 0 saturated heterocycles. The minimum Gasteiger partial charge on any atom is -0.508 e. The van der Waals surface area contributed by atoms with E-state index in [1.54, 1.807) is 0 Å². The minimum absolute atomic E-state index is 0.0213. The molecule has 8 heteroatoms. The van der Waals surface area contributed by atoms with Gasteiger partial charge in [0.1, 0.15) is 11.5 Å². The first-order valence-corrected chi connectivity index (χ1v) is 6.83. The highest BCUT2D eigenvalue weighted by Gasteiger charge is 2.12. The number of carbonyl (C=O) groups is 2. The van der Waals surface area contributed by atoms with Gasteiger partial charge in [0.2, 0.25) is 0 Å². The van der Waals surface area contributed by atoms with Crippen LogP contribution in [0.15, 0.2) is 23.6 Å². The van der Waals surface area contributed by atoms with Gasteiger partial charge in [-0.3, -0.25) is 4.79 Å². The van der Waals surface area contributed by atoms with Crippen LogP contribution < -0.4 is 5.32 Å². The molecule has 0 atom stereocenters. The zero-order valence-electron chi connectivity index (χ0n) is 10.7. The van der Waals surface area contributed by atoms with Gasteiger partial charge in [0.15, 0.2) is 5.69 Å². The second-order valence-electron chi connectivity index (χ2n) is 4.14. The van der Waals surface area contributed by atoms with Crippen LogP contribution in [0.1, 0.15) is 25.9 Å². The maximum Gasteiger partial charge on any atom is 0.355 e. The molecule has 1 aromatic heterocycles. The lowest BCUT2D eigenvalue weighted by atomic mass is 10.1. The molecule has 1 amide bonds. The fourth-order valence-electron chi connectivity index (χ4n) is 1.61. The van der Waals surface area contributed by atoms with E-state index in [9.17, 15) is 19.8 Å². The van der Waals surface area contributed by atoms with Gasteiger partial charge in [-0.15, -0.1) is 11.3 Å². The molecule has 2 rings (SSSR count). The molecule has 0 aliphatic heterocycles. The van der Waals surface area contributed by atoms with Crippen molar-refractivity contribution >= 4 is 23.2 Å². The molecule has 1 heterocycles. The predicted molar refractivity (Wildman–Crippen MR) is 74.9 cm³/mol. The van der Waals surface area contributed by atoms with Crippen molar-refractivity contribution in [1.82, 2.24) is 10.3 Å². The topological polar surface area (TPSA) is 120 Å². The maximum absolute atomic E-state index is 11.8. The Kier molecular flexibility index (Phi) is 4.39. The van der Waals surface area contributed by atoms with Crippen molar-refractivity contribution < 1.29 is 24.9 Å². The third kappa shape index (κ3) is 3.69. The summed E-state index contributed by atoms with van der Waals surface area (Å²) < 4.78 is 0. The van der Waals surface area contributed by atoms with Crippen molar-refractivity contribution in [1.29, 1.82) is 0 Å². The van der Waals surface area contributed by atoms with Crippen LogP contribution in [0.5, 0.6) is 11.5 Å². The Bertz CT molecular complexity index is 683. The summed E-state index contributed by atoms with van der Waals surface area (Å²) in [7, 11) is 0. The Balaban J connectivity index is 1.92. The number of aromatic hydroxyl groups is 2. The molecule has 21 heavy (non-hydrogen) atoms. The number of aromatic nitrogens is 1. The van der Waals surface area contributed by atoms with E-state index in [-0.39, 0.29) is 29.3 Å². The number of aromatic carboxylic acids is 1. The first-order valence-electron chi connectivity index (χ1n) is 5.95. The minimum atomic E-state index is -1.09. The van der Waals surface area contributed by atoms with E-state index in [0.29, 0.717) is 11.4 Å². The van der Waals surface area contributed by atoms with Crippen LogP contribution in [0.2, 0.25) is 0 Å². The SMILES string of the molecule is O=C(O)c1csc(CCNC(=O)c2cc(O)ccc2O)n1. The summed E-state index contributed by atoms with van der Waals surface area (Å²) in [5, 5.41) is 32.2. The Morgan fingerprint density at radius 2 is 2.05 bits per heavy atom. The lowest BCUT2D eigenvalue weighted by Gasteiger charge is -2.06. The van der Waals surface area contributed by atoms with Crippen LogP contribution in [0.25, 0.3) is 0 Å². The van der Waals surface area contributed by atoms with Gasteiger partial charge in [0.05, 0.1) is 10.6 Å². The van der Waals surface area contributed by atoms with Crippen molar-refractivity contribution in [2.24, 2.45) is 0 Å². The molecular formula is C13H12N2O5S. The molecule has 1 aromatic carbocycles. The number of carboxylic acid groups (broad SMARTS) is 1. The van der Waals surface area contributed by atoms with Crippen molar-refractivity contribution in [2.75, 3.05) is 6.54 Å². The largest absolute Gasteiger partial charge is 0.508 e. The summed E-state index contributed by atoms with van der Waals surface area (Å²) in [5.74, 6) is -1.97. The molecule has 0 unspecified atom stereocenters. The Morgan fingerprint density at radius 3 is 2.71 bits per heavy atom. The number of thiazole rings is 1. The monoisotopic (exact) mass is 308 g/mol. The highest BCUT2D eigenvalue weighted by Crippen LogP contribution is 2.21. The molecule has 0 aliphatic carbocycles. The molecule has 2 aromatic rings. The van der Waals surface area contributed by atoms with E-state index in [0.717, 1.165) is 6.07 Å². The number of hydrogen-bond acceptors (Lipinski definition) is 6. The van der Waals surface area contributed by atoms with Gasteiger partial charge >= 0.3 is 5.97 Å². The highest BCUT2D eigenvalue weighted by molar-refractivity contribution is 7.09. The second-order valence-corrected chi connectivity index (χ2v) is 5.08. The number of hydrogen-bond donors (Lipinski definition) is 4. The first kappa shape index (κ1) is 14.8. The smallest absolute Gasteiger partial charge is 0.355 e. The van der Waals surface area contributed by atoms with Crippen LogP contribution in [-0.4, -0.2) is 38.7 Å². The Labute approximate surface area is 123 Å². The lowest BCUT2D eigenvalue weighted by Crippen LogP contribution is -2.25. The Hall–Kier alpha value is -2.61. The number of phenolic OH excluding ortho intramolecular Hbond substituents is 2. The molecule has 0 aliphatic rings. The third-order valence-corrected chi connectivity index (χ3v) is 3.53. The number of nitrogens with one attached hydrogen (secondary N) is 1. The number of carboxylic acids is 1. The van der Waals surface area contributed by atoms with E-state index in [1.165, 1.54) is 28.8 Å². The summed E-state index contributed by atoms with van der Waals surface area (Å²) in [6.07, 6.45) is 0.378. The molecule has 4 N–H and O–H groups in total. The summed E-state index contributed by atoms with van der Waals surface area (Å²) >= 11 is 1.20. The summed E-state index contributed by atoms with van der Waals surface area (Å²) in [5.41, 5.74) is -0.0488. The van der Waals surface area contributed by atoms with Gasteiger partial charge in [0.25, 0.3) is 5.91 Å². The number of phenols is 2. The standard InChI is InChI=1S/C13H12N2O5S/c16-7-1-2-10(17)8(5-7)12(18)14-4-3-11-15-9(6-21-11)13(19)20/h1-2,5-6,16-17H,3-4H2,(H,14,18)(H,19,20). The average molecular weight is 308 g/mol. The Morgan fingerprint density at radius 1 is 1.29 bits per heavy atom. The van der Waals surface area contributed by atoms with Crippen LogP contribution in [0.4, 0.5) is 0 Å². The maximum atomic E-state index is 11.8. The van der Waals surface area contributed by atoms with Gasteiger partial charge in [-0.25, -0.2) is 9.78 Å². The number of nitrogens with zero attached hydrogens (tertiary/aromatic N) is 1.